The van der Waals surface area contributed by atoms with E-state index in [0.29, 0.717) is 49.6 Å². The number of aliphatic imine (C=N–C) groups is 1. The smallest absolute Gasteiger partial charge is 0.213 e. The standard InChI is InChI=1S/C16H25ClN4O3S/c1-4-18-15(21-8-10-25(22,23)16(2,3)12-21)19-7-9-24-14-6-5-13(17)11-20-14/h5-6,11H,4,7-10,12H2,1-3H3,(H,18,19). The Morgan fingerprint density at radius 3 is 2.84 bits per heavy atom. The van der Waals surface area contributed by atoms with Gasteiger partial charge in [-0.3, -0.25) is 0 Å². The summed E-state index contributed by atoms with van der Waals surface area (Å²) in [5.41, 5.74) is 0. The first-order valence-corrected chi connectivity index (χ1v) is 10.3. The highest BCUT2D eigenvalue weighted by atomic mass is 35.5. The van der Waals surface area contributed by atoms with E-state index in [9.17, 15) is 8.42 Å². The maximum absolute atomic E-state index is 12.1. The van der Waals surface area contributed by atoms with Crippen LogP contribution in [0.1, 0.15) is 20.8 Å². The van der Waals surface area contributed by atoms with Gasteiger partial charge in [-0.1, -0.05) is 11.6 Å². The van der Waals surface area contributed by atoms with Gasteiger partial charge in [-0.15, -0.1) is 0 Å². The van der Waals surface area contributed by atoms with Gasteiger partial charge >= 0.3 is 0 Å². The maximum atomic E-state index is 12.1. The lowest BCUT2D eigenvalue weighted by Crippen LogP contribution is -2.57. The molecule has 2 rings (SSSR count). The quantitative estimate of drug-likeness (QED) is 0.468. The van der Waals surface area contributed by atoms with Gasteiger partial charge in [0.15, 0.2) is 15.8 Å². The number of ether oxygens (including phenoxy) is 1. The van der Waals surface area contributed by atoms with E-state index in [1.807, 2.05) is 11.8 Å². The van der Waals surface area contributed by atoms with Gasteiger partial charge in [0.2, 0.25) is 5.88 Å². The minimum atomic E-state index is -3.08. The summed E-state index contributed by atoms with van der Waals surface area (Å²) in [7, 11) is -3.08. The number of rotatable bonds is 5. The number of halogens is 1. The van der Waals surface area contributed by atoms with E-state index in [4.69, 9.17) is 16.3 Å². The van der Waals surface area contributed by atoms with Gasteiger partial charge in [0.25, 0.3) is 0 Å². The van der Waals surface area contributed by atoms with E-state index in [-0.39, 0.29) is 5.75 Å². The van der Waals surface area contributed by atoms with Crippen LogP contribution in [0.25, 0.3) is 0 Å². The fourth-order valence-electron chi connectivity index (χ4n) is 2.50. The number of nitrogens with one attached hydrogen (secondary N) is 1. The second kappa shape index (κ2) is 8.23. The fraction of sp³-hybridized carbons (Fsp3) is 0.625. The molecule has 0 radical (unpaired) electrons. The minimum absolute atomic E-state index is 0.135. The van der Waals surface area contributed by atoms with Crippen LogP contribution in [-0.4, -0.2) is 67.5 Å². The van der Waals surface area contributed by atoms with E-state index >= 15 is 0 Å². The number of hydrogen-bond acceptors (Lipinski definition) is 5. The molecule has 9 heteroatoms. The molecule has 140 valence electrons. The van der Waals surface area contributed by atoms with Crippen molar-refractivity contribution in [2.45, 2.75) is 25.5 Å². The lowest BCUT2D eigenvalue weighted by molar-refractivity contribution is 0.312. The van der Waals surface area contributed by atoms with Gasteiger partial charge in [-0.2, -0.15) is 0 Å². The lowest BCUT2D eigenvalue weighted by atomic mass is 10.2. The zero-order valence-electron chi connectivity index (χ0n) is 14.8. The van der Waals surface area contributed by atoms with Crippen molar-refractivity contribution in [2.24, 2.45) is 4.99 Å². The number of guanidine groups is 1. The van der Waals surface area contributed by atoms with Crippen LogP contribution in [0, 0.1) is 0 Å². The molecule has 1 aromatic rings. The highest BCUT2D eigenvalue weighted by Crippen LogP contribution is 2.23. The monoisotopic (exact) mass is 388 g/mol. The predicted molar refractivity (Wildman–Crippen MR) is 100 cm³/mol. The summed E-state index contributed by atoms with van der Waals surface area (Å²) in [6.45, 7) is 7.88. The number of hydrogen-bond donors (Lipinski definition) is 1. The van der Waals surface area contributed by atoms with Crippen molar-refractivity contribution < 1.29 is 13.2 Å². The third-order valence-electron chi connectivity index (χ3n) is 3.98. The van der Waals surface area contributed by atoms with Crippen LogP contribution in [-0.2, 0) is 9.84 Å². The first-order valence-electron chi connectivity index (χ1n) is 8.25. The molecule has 1 fully saturated rings. The first-order chi connectivity index (χ1) is 11.7. The zero-order valence-corrected chi connectivity index (χ0v) is 16.4. The molecule has 1 aliphatic heterocycles. The average molecular weight is 389 g/mol. The SMILES string of the molecule is CCNC(=NCCOc1ccc(Cl)cn1)N1CCS(=O)(=O)C(C)(C)C1. The van der Waals surface area contributed by atoms with Crippen LogP contribution in [0.5, 0.6) is 5.88 Å². The van der Waals surface area contributed by atoms with Crippen LogP contribution in [0.3, 0.4) is 0 Å². The van der Waals surface area contributed by atoms with Crippen molar-refractivity contribution in [2.75, 3.05) is 38.5 Å². The summed E-state index contributed by atoms with van der Waals surface area (Å²) in [6.07, 6.45) is 1.53. The molecule has 0 atom stereocenters. The normalized spacial score (nSPS) is 19.5. The van der Waals surface area contributed by atoms with Gasteiger partial charge < -0.3 is 15.0 Å². The molecule has 0 amide bonds. The molecule has 1 aliphatic rings. The zero-order chi connectivity index (χ0) is 18.5. The summed E-state index contributed by atoms with van der Waals surface area (Å²) in [4.78, 5) is 10.6. The van der Waals surface area contributed by atoms with Crippen molar-refractivity contribution in [1.82, 2.24) is 15.2 Å². The minimum Gasteiger partial charge on any atom is -0.476 e. The Bertz CT molecular complexity index is 705. The number of aromatic nitrogens is 1. The third-order valence-corrected chi connectivity index (χ3v) is 6.74. The Hall–Kier alpha value is -1.54. The Morgan fingerprint density at radius 1 is 1.48 bits per heavy atom. The summed E-state index contributed by atoms with van der Waals surface area (Å²) >= 11 is 5.78. The van der Waals surface area contributed by atoms with Crippen LogP contribution in [0.4, 0.5) is 0 Å². The Labute approximate surface area is 154 Å². The molecule has 1 aromatic heterocycles. The molecule has 0 unspecified atom stereocenters. The van der Waals surface area contributed by atoms with E-state index < -0.39 is 14.6 Å². The van der Waals surface area contributed by atoms with Gasteiger partial charge in [0, 0.05) is 31.9 Å². The number of pyridine rings is 1. The van der Waals surface area contributed by atoms with Gasteiger partial charge in [-0.05, 0) is 26.8 Å². The molecule has 0 aliphatic carbocycles. The van der Waals surface area contributed by atoms with E-state index in [2.05, 4.69) is 15.3 Å². The van der Waals surface area contributed by atoms with Crippen LogP contribution < -0.4 is 10.1 Å². The Balaban J connectivity index is 1.95. The maximum Gasteiger partial charge on any atom is 0.213 e. The molecule has 25 heavy (non-hydrogen) atoms. The van der Waals surface area contributed by atoms with Crippen LogP contribution in [0.15, 0.2) is 23.3 Å². The summed E-state index contributed by atoms with van der Waals surface area (Å²) in [5.74, 6) is 1.34. The fourth-order valence-corrected chi connectivity index (χ4v) is 3.98. The average Bonchev–Trinajstić information content (AvgIpc) is 2.55. The molecular formula is C16H25ClN4O3S. The van der Waals surface area contributed by atoms with Crippen molar-refractivity contribution >= 4 is 27.4 Å². The van der Waals surface area contributed by atoms with Crippen LogP contribution in [0.2, 0.25) is 5.02 Å². The second-order valence-electron chi connectivity index (χ2n) is 6.40. The summed E-state index contributed by atoms with van der Waals surface area (Å²) in [6, 6.07) is 3.42. The molecular weight excluding hydrogens is 364 g/mol. The Kier molecular flexibility index (Phi) is 6.51. The molecule has 0 bridgehead atoms. The molecule has 2 heterocycles. The number of sulfone groups is 1. The predicted octanol–water partition coefficient (Wildman–Crippen LogP) is 1.59. The molecule has 0 aromatic carbocycles. The Morgan fingerprint density at radius 2 is 2.24 bits per heavy atom. The van der Waals surface area contributed by atoms with Gasteiger partial charge in [0.1, 0.15) is 6.61 Å². The lowest BCUT2D eigenvalue weighted by Gasteiger charge is -2.39. The first kappa shape index (κ1) is 19.8. The van der Waals surface area contributed by atoms with Crippen LogP contribution >= 0.6 is 11.6 Å². The van der Waals surface area contributed by atoms with E-state index in [1.54, 1.807) is 26.0 Å². The van der Waals surface area contributed by atoms with Crippen molar-refractivity contribution in [1.29, 1.82) is 0 Å². The second-order valence-corrected chi connectivity index (χ2v) is 9.58. The highest BCUT2D eigenvalue weighted by molar-refractivity contribution is 7.92. The number of nitrogens with zero attached hydrogens (tertiary/aromatic N) is 3. The third kappa shape index (κ3) is 5.22. The topological polar surface area (TPSA) is 83.9 Å². The highest BCUT2D eigenvalue weighted by Gasteiger charge is 2.40. The largest absolute Gasteiger partial charge is 0.476 e. The van der Waals surface area contributed by atoms with Crippen molar-refractivity contribution in [3.63, 3.8) is 0 Å². The molecule has 7 nitrogen and oxygen atoms in total. The summed E-state index contributed by atoms with van der Waals surface area (Å²) in [5, 5.41) is 3.77. The molecule has 0 spiro atoms. The van der Waals surface area contributed by atoms with Gasteiger partial charge in [0.05, 0.1) is 22.1 Å². The van der Waals surface area contributed by atoms with Crippen molar-refractivity contribution in [3.8, 4) is 5.88 Å². The van der Waals surface area contributed by atoms with E-state index in [1.165, 1.54) is 6.20 Å². The van der Waals surface area contributed by atoms with Crippen molar-refractivity contribution in [3.05, 3.63) is 23.4 Å². The molecule has 1 saturated heterocycles. The molecule has 0 saturated carbocycles. The van der Waals surface area contributed by atoms with Gasteiger partial charge in [-0.25, -0.2) is 18.4 Å². The summed E-state index contributed by atoms with van der Waals surface area (Å²) < 4.78 is 29.0. The molecule has 1 N–H and O–H groups in total. The van der Waals surface area contributed by atoms with E-state index in [0.717, 1.165) is 0 Å².